The predicted molar refractivity (Wildman–Crippen MR) is 126 cm³/mol. The molecule has 6 nitrogen and oxygen atoms in total. The number of nitro benzene ring substituents is 1. The maximum atomic E-state index is 11.0. The molecule has 8 heteroatoms. The fourth-order valence-corrected chi connectivity index (χ4v) is 3.67. The molecule has 0 aliphatic carbocycles. The van der Waals surface area contributed by atoms with Crippen LogP contribution in [0.5, 0.6) is 11.5 Å². The molecule has 0 heterocycles. The van der Waals surface area contributed by atoms with Crippen LogP contribution in [0.3, 0.4) is 0 Å². The number of allylic oxidation sites excluding steroid dienone is 1. The average Bonchev–Trinajstić information content (AvgIpc) is 2.77. The van der Waals surface area contributed by atoms with Crippen LogP contribution in [0.25, 0.3) is 11.6 Å². The van der Waals surface area contributed by atoms with Gasteiger partial charge in [0.25, 0.3) is 5.69 Å². The molecule has 0 unspecified atom stereocenters. The molecule has 0 aromatic heterocycles. The monoisotopic (exact) mass is 542 g/mol. The van der Waals surface area contributed by atoms with Crippen molar-refractivity contribution in [2.24, 2.45) is 0 Å². The highest BCUT2D eigenvalue weighted by atomic mass is 79.9. The molecule has 0 saturated heterocycles. The van der Waals surface area contributed by atoms with Gasteiger partial charge in [0.15, 0.2) is 11.5 Å². The van der Waals surface area contributed by atoms with Crippen molar-refractivity contribution in [1.82, 2.24) is 0 Å². The van der Waals surface area contributed by atoms with Crippen LogP contribution in [-0.2, 0) is 6.61 Å². The van der Waals surface area contributed by atoms with Gasteiger partial charge in [0.05, 0.1) is 28.1 Å². The molecule has 0 fully saturated rings. The summed E-state index contributed by atoms with van der Waals surface area (Å²) in [6.07, 6.45) is 1.64. The Bertz CT molecular complexity index is 1190. The lowest BCUT2D eigenvalue weighted by Gasteiger charge is -2.14. The number of hydrogen-bond acceptors (Lipinski definition) is 5. The summed E-state index contributed by atoms with van der Waals surface area (Å²) in [7, 11) is 1.54. The molecular weight excluding hydrogens is 528 g/mol. The van der Waals surface area contributed by atoms with Gasteiger partial charge in [-0.1, -0.05) is 40.2 Å². The first-order chi connectivity index (χ1) is 14.9. The Morgan fingerprint density at radius 1 is 1.16 bits per heavy atom. The first-order valence-corrected chi connectivity index (χ1v) is 10.6. The molecular formula is C23H16Br2N2O4. The van der Waals surface area contributed by atoms with Gasteiger partial charge in [0, 0.05) is 16.6 Å². The van der Waals surface area contributed by atoms with Crippen LogP contribution in [0.2, 0.25) is 0 Å². The van der Waals surface area contributed by atoms with E-state index in [4.69, 9.17) is 9.47 Å². The Labute approximate surface area is 196 Å². The summed E-state index contributed by atoms with van der Waals surface area (Å²) in [4.78, 5) is 10.5. The van der Waals surface area contributed by atoms with Crippen LogP contribution >= 0.6 is 31.9 Å². The minimum atomic E-state index is -0.490. The van der Waals surface area contributed by atoms with E-state index in [0.717, 1.165) is 10.0 Å². The van der Waals surface area contributed by atoms with Gasteiger partial charge < -0.3 is 9.47 Å². The number of halogens is 2. The Hall–Kier alpha value is -3.15. The number of rotatable bonds is 7. The zero-order valence-electron chi connectivity index (χ0n) is 16.3. The van der Waals surface area contributed by atoms with E-state index in [-0.39, 0.29) is 5.69 Å². The number of nitrogens with zero attached hydrogens (tertiary/aromatic N) is 2. The Kier molecular flexibility index (Phi) is 7.45. The molecule has 0 amide bonds. The minimum absolute atomic E-state index is 0.0749. The second-order valence-electron chi connectivity index (χ2n) is 6.43. The minimum Gasteiger partial charge on any atom is -0.493 e. The molecule has 0 radical (unpaired) electrons. The second-order valence-corrected chi connectivity index (χ2v) is 8.20. The first kappa shape index (κ1) is 22.5. The number of ether oxygens (including phenoxy) is 2. The van der Waals surface area contributed by atoms with E-state index in [0.29, 0.717) is 39.3 Å². The largest absolute Gasteiger partial charge is 0.493 e. The molecule has 0 saturated carbocycles. The van der Waals surface area contributed by atoms with Crippen molar-refractivity contribution in [3.63, 3.8) is 0 Å². The van der Waals surface area contributed by atoms with E-state index in [2.05, 4.69) is 37.9 Å². The van der Waals surface area contributed by atoms with Crippen molar-refractivity contribution in [2.75, 3.05) is 7.11 Å². The number of benzene rings is 3. The number of non-ortho nitro benzene ring substituents is 1. The Balaban J connectivity index is 1.90. The normalized spacial score (nSPS) is 11.0. The van der Waals surface area contributed by atoms with Gasteiger partial charge in [-0.05, 0) is 63.0 Å². The van der Waals surface area contributed by atoms with Gasteiger partial charge in [-0.2, -0.15) is 5.26 Å². The van der Waals surface area contributed by atoms with Crippen LogP contribution in [0.15, 0.2) is 69.6 Å². The quantitative estimate of drug-likeness (QED) is 0.142. The molecule has 156 valence electrons. The first-order valence-electron chi connectivity index (χ1n) is 9.02. The number of methoxy groups -OCH3 is 1. The maximum absolute atomic E-state index is 11.0. The summed E-state index contributed by atoms with van der Waals surface area (Å²) >= 11 is 6.92. The molecule has 0 atom stereocenters. The topological polar surface area (TPSA) is 85.4 Å². The summed E-state index contributed by atoms with van der Waals surface area (Å²) in [5, 5.41) is 20.6. The van der Waals surface area contributed by atoms with Gasteiger partial charge >= 0.3 is 0 Å². The van der Waals surface area contributed by atoms with Gasteiger partial charge in [-0.25, -0.2) is 0 Å². The Morgan fingerprint density at radius 2 is 1.90 bits per heavy atom. The molecule has 0 N–H and O–H groups in total. The summed E-state index contributed by atoms with van der Waals surface area (Å²) in [5.74, 6) is 1.03. The van der Waals surface area contributed by atoms with Gasteiger partial charge in [-0.3, -0.25) is 10.1 Å². The van der Waals surface area contributed by atoms with E-state index in [9.17, 15) is 15.4 Å². The van der Waals surface area contributed by atoms with Crippen molar-refractivity contribution in [1.29, 1.82) is 5.26 Å². The second kappa shape index (κ2) is 10.2. The zero-order chi connectivity index (χ0) is 22.4. The highest BCUT2D eigenvalue weighted by Crippen LogP contribution is 2.38. The Morgan fingerprint density at radius 3 is 2.55 bits per heavy atom. The molecule has 3 rings (SSSR count). The van der Waals surface area contributed by atoms with E-state index >= 15 is 0 Å². The third-order valence-corrected chi connectivity index (χ3v) is 5.47. The van der Waals surface area contributed by atoms with Crippen LogP contribution in [0.4, 0.5) is 5.69 Å². The van der Waals surface area contributed by atoms with Crippen molar-refractivity contribution >= 4 is 49.2 Å². The maximum Gasteiger partial charge on any atom is 0.270 e. The number of hydrogen-bond donors (Lipinski definition) is 0. The average molecular weight is 544 g/mol. The molecule has 0 aliphatic heterocycles. The van der Waals surface area contributed by atoms with E-state index in [1.807, 2.05) is 24.3 Å². The van der Waals surface area contributed by atoms with Crippen LogP contribution in [0, 0.1) is 21.4 Å². The van der Waals surface area contributed by atoms with Crippen molar-refractivity contribution in [3.05, 3.63) is 96.4 Å². The van der Waals surface area contributed by atoms with Gasteiger partial charge in [-0.15, -0.1) is 0 Å². The third kappa shape index (κ3) is 5.72. The summed E-state index contributed by atoms with van der Waals surface area (Å²) < 4.78 is 13.1. The third-order valence-electron chi connectivity index (χ3n) is 4.35. The predicted octanol–water partition coefficient (Wildman–Crippen LogP) is 6.77. The summed E-state index contributed by atoms with van der Waals surface area (Å²) in [6, 6.07) is 19.4. The summed E-state index contributed by atoms with van der Waals surface area (Å²) in [5.41, 5.74) is 2.36. The lowest BCUT2D eigenvalue weighted by atomic mass is 10.0. The van der Waals surface area contributed by atoms with E-state index < -0.39 is 4.92 Å². The SMILES string of the molecule is COc1cc(/C=C(/C#N)c2cccc([N+](=O)[O-])c2)cc(Br)c1OCc1ccc(Br)cc1. The van der Waals surface area contributed by atoms with E-state index in [1.54, 1.807) is 30.3 Å². The smallest absolute Gasteiger partial charge is 0.270 e. The molecule has 31 heavy (non-hydrogen) atoms. The fraction of sp³-hybridized carbons (Fsp3) is 0.0870. The lowest BCUT2D eigenvalue weighted by Crippen LogP contribution is -1.99. The van der Waals surface area contributed by atoms with Crippen molar-refractivity contribution < 1.29 is 14.4 Å². The highest BCUT2D eigenvalue weighted by Gasteiger charge is 2.13. The van der Waals surface area contributed by atoms with Gasteiger partial charge in [0.2, 0.25) is 0 Å². The standard InChI is InChI=1S/C23H16Br2N2O4/c1-30-22-11-16(9-18(13-26)17-3-2-4-20(12-17)27(28)29)10-21(25)23(22)31-14-15-5-7-19(24)8-6-15/h2-12H,14H2,1H3/b18-9-. The summed E-state index contributed by atoms with van der Waals surface area (Å²) in [6.45, 7) is 0.356. The number of nitriles is 1. The van der Waals surface area contributed by atoms with Crippen molar-refractivity contribution in [3.8, 4) is 17.6 Å². The molecule has 3 aromatic carbocycles. The number of nitro groups is 1. The molecule has 0 bridgehead atoms. The van der Waals surface area contributed by atoms with Gasteiger partial charge in [0.1, 0.15) is 6.61 Å². The zero-order valence-corrected chi connectivity index (χ0v) is 19.5. The molecule has 0 spiro atoms. The van der Waals surface area contributed by atoms with Crippen molar-refractivity contribution in [2.45, 2.75) is 6.61 Å². The molecule has 0 aliphatic rings. The lowest BCUT2D eigenvalue weighted by molar-refractivity contribution is -0.384. The van der Waals surface area contributed by atoms with E-state index in [1.165, 1.54) is 19.2 Å². The highest BCUT2D eigenvalue weighted by molar-refractivity contribution is 9.10. The fourth-order valence-electron chi connectivity index (χ4n) is 2.83. The van der Waals surface area contributed by atoms with Crippen LogP contribution < -0.4 is 9.47 Å². The van der Waals surface area contributed by atoms with Crippen LogP contribution in [0.1, 0.15) is 16.7 Å². The van der Waals surface area contributed by atoms with Crippen LogP contribution in [-0.4, -0.2) is 12.0 Å². The molecule has 3 aromatic rings.